The normalized spacial score (nSPS) is 15.9. The van der Waals surface area contributed by atoms with Gasteiger partial charge in [0.25, 0.3) is 0 Å². The van der Waals surface area contributed by atoms with Crippen molar-refractivity contribution in [2.75, 3.05) is 6.54 Å². The fraction of sp³-hybridized carbons (Fsp3) is 0.455. The number of aryl methyl sites for hydroxylation is 1. The molecule has 0 aromatic heterocycles. The number of benzene rings is 2. The Hall–Kier alpha value is -1.31. The van der Waals surface area contributed by atoms with Crippen LogP contribution in [0.3, 0.4) is 0 Å². The number of rotatable bonds is 8. The Kier molecular flexibility index (Phi) is 5.63. The molecule has 0 N–H and O–H groups in total. The highest BCUT2D eigenvalue weighted by molar-refractivity contribution is 6.25. The first kappa shape index (κ1) is 17.5. The minimum absolute atomic E-state index is 0.0390. The molecule has 0 bridgehead atoms. The molecule has 1 fully saturated rings. The van der Waals surface area contributed by atoms with Gasteiger partial charge in [0.05, 0.1) is 4.87 Å². The Morgan fingerprint density at radius 3 is 2.21 bits per heavy atom. The van der Waals surface area contributed by atoms with Gasteiger partial charge in [0.1, 0.15) is 0 Å². The standard InChI is InChI=1S/C22H28ClN/c1-18(2)24(17-20-7-4-3-5-8-20)16-6-9-19-10-12-21(13-11-19)22(23)14-15-22/h3-5,7-8,10-13,18H,6,9,14-17H2,1-2H3. The van der Waals surface area contributed by atoms with Gasteiger partial charge in [0, 0.05) is 12.6 Å². The van der Waals surface area contributed by atoms with Crippen molar-refractivity contribution in [2.45, 2.75) is 57.0 Å². The summed E-state index contributed by atoms with van der Waals surface area (Å²) < 4.78 is 0. The van der Waals surface area contributed by atoms with Crippen molar-refractivity contribution in [1.29, 1.82) is 0 Å². The summed E-state index contributed by atoms with van der Waals surface area (Å²) in [6.07, 6.45) is 4.57. The third kappa shape index (κ3) is 4.62. The van der Waals surface area contributed by atoms with Gasteiger partial charge in [-0.3, -0.25) is 4.90 Å². The highest BCUT2D eigenvalue weighted by Crippen LogP contribution is 2.51. The highest BCUT2D eigenvalue weighted by Gasteiger charge is 2.41. The van der Waals surface area contributed by atoms with Crippen LogP contribution in [0, 0.1) is 0 Å². The van der Waals surface area contributed by atoms with Crippen molar-refractivity contribution in [3.63, 3.8) is 0 Å². The van der Waals surface area contributed by atoms with Crippen LogP contribution in [0.1, 0.15) is 49.8 Å². The molecule has 3 rings (SSSR count). The number of hydrogen-bond acceptors (Lipinski definition) is 1. The quantitative estimate of drug-likeness (QED) is 0.552. The lowest BCUT2D eigenvalue weighted by Gasteiger charge is -2.26. The van der Waals surface area contributed by atoms with Crippen molar-refractivity contribution in [1.82, 2.24) is 4.90 Å². The maximum atomic E-state index is 6.47. The molecule has 2 aromatic carbocycles. The molecule has 1 aliphatic carbocycles. The van der Waals surface area contributed by atoms with Crippen LogP contribution < -0.4 is 0 Å². The largest absolute Gasteiger partial charge is 0.297 e. The molecular weight excluding hydrogens is 314 g/mol. The van der Waals surface area contributed by atoms with Gasteiger partial charge in [0.2, 0.25) is 0 Å². The highest BCUT2D eigenvalue weighted by atomic mass is 35.5. The molecule has 2 aromatic rings. The van der Waals surface area contributed by atoms with Crippen LogP contribution in [0.25, 0.3) is 0 Å². The number of nitrogens with zero attached hydrogens (tertiary/aromatic N) is 1. The lowest BCUT2D eigenvalue weighted by molar-refractivity contribution is 0.210. The summed E-state index contributed by atoms with van der Waals surface area (Å²) in [6, 6.07) is 20.3. The zero-order chi connectivity index (χ0) is 17.0. The summed E-state index contributed by atoms with van der Waals surface area (Å²) >= 11 is 6.47. The monoisotopic (exact) mass is 341 g/mol. The van der Waals surface area contributed by atoms with Gasteiger partial charge in [0.15, 0.2) is 0 Å². The van der Waals surface area contributed by atoms with E-state index >= 15 is 0 Å². The minimum Gasteiger partial charge on any atom is -0.297 e. The van der Waals surface area contributed by atoms with Gasteiger partial charge in [-0.2, -0.15) is 0 Å². The zero-order valence-electron chi connectivity index (χ0n) is 14.8. The molecule has 2 heteroatoms. The van der Waals surface area contributed by atoms with Crippen molar-refractivity contribution in [3.05, 3.63) is 71.3 Å². The smallest absolute Gasteiger partial charge is 0.0696 e. The van der Waals surface area contributed by atoms with Gasteiger partial charge in [-0.05, 0) is 62.8 Å². The number of hydrogen-bond donors (Lipinski definition) is 0. The van der Waals surface area contributed by atoms with E-state index in [-0.39, 0.29) is 4.87 Å². The average molecular weight is 342 g/mol. The van der Waals surface area contributed by atoms with E-state index in [0.29, 0.717) is 6.04 Å². The molecule has 1 aliphatic rings. The van der Waals surface area contributed by atoms with Crippen LogP contribution >= 0.6 is 11.6 Å². The summed E-state index contributed by atoms with van der Waals surface area (Å²) in [6.45, 7) is 6.74. The van der Waals surface area contributed by atoms with E-state index in [2.05, 4.69) is 73.3 Å². The van der Waals surface area contributed by atoms with Crippen LogP contribution in [-0.2, 0) is 17.8 Å². The second-order valence-electron chi connectivity index (χ2n) is 7.32. The lowest BCUT2D eigenvalue weighted by atomic mass is 10.0. The third-order valence-corrected chi connectivity index (χ3v) is 5.63. The van der Waals surface area contributed by atoms with Crippen molar-refractivity contribution >= 4 is 11.6 Å². The Balaban J connectivity index is 1.50. The molecule has 0 radical (unpaired) electrons. The SMILES string of the molecule is CC(C)N(CCCc1ccc(C2(Cl)CC2)cc1)Cc1ccccc1. The van der Waals surface area contributed by atoms with Gasteiger partial charge in [-0.25, -0.2) is 0 Å². The van der Waals surface area contributed by atoms with Crippen LogP contribution in [0.2, 0.25) is 0 Å². The van der Waals surface area contributed by atoms with Gasteiger partial charge in [-0.1, -0.05) is 54.6 Å². The molecule has 1 saturated carbocycles. The van der Waals surface area contributed by atoms with E-state index in [4.69, 9.17) is 11.6 Å². The second-order valence-corrected chi connectivity index (χ2v) is 8.04. The van der Waals surface area contributed by atoms with E-state index in [9.17, 15) is 0 Å². The van der Waals surface area contributed by atoms with Crippen LogP contribution in [0.5, 0.6) is 0 Å². The molecule has 0 atom stereocenters. The Morgan fingerprint density at radius 1 is 0.958 bits per heavy atom. The van der Waals surface area contributed by atoms with E-state index in [1.54, 1.807) is 0 Å². The van der Waals surface area contributed by atoms with E-state index in [1.165, 1.54) is 23.1 Å². The molecule has 0 aliphatic heterocycles. The number of halogens is 1. The summed E-state index contributed by atoms with van der Waals surface area (Å²) in [5.41, 5.74) is 4.11. The lowest BCUT2D eigenvalue weighted by Crippen LogP contribution is -2.31. The summed E-state index contributed by atoms with van der Waals surface area (Å²) in [5.74, 6) is 0. The Morgan fingerprint density at radius 2 is 1.62 bits per heavy atom. The fourth-order valence-electron chi connectivity index (χ4n) is 3.19. The summed E-state index contributed by atoms with van der Waals surface area (Å²) in [5, 5.41) is 0. The van der Waals surface area contributed by atoms with Crippen LogP contribution in [0.4, 0.5) is 0 Å². The molecular formula is C22H28ClN. The maximum absolute atomic E-state index is 6.47. The minimum atomic E-state index is -0.0390. The van der Waals surface area contributed by atoms with Crippen LogP contribution in [0.15, 0.2) is 54.6 Å². The van der Waals surface area contributed by atoms with Gasteiger partial charge < -0.3 is 0 Å². The molecule has 0 unspecified atom stereocenters. The molecule has 24 heavy (non-hydrogen) atoms. The first-order valence-corrected chi connectivity index (χ1v) is 9.51. The predicted octanol–water partition coefficient (Wildman–Crippen LogP) is 5.76. The Bertz CT molecular complexity index is 629. The van der Waals surface area contributed by atoms with E-state index in [1.807, 2.05) is 0 Å². The molecule has 1 nitrogen and oxygen atoms in total. The van der Waals surface area contributed by atoms with Gasteiger partial charge in [-0.15, -0.1) is 11.6 Å². The molecule has 0 spiro atoms. The predicted molar refractivity (Wildman–Crippen MR) is 104 cm³/mol. The summed E-state index contributed by atoms with van der Waals surface area (Å²) in [4.78, 5) is 2.52. The third-order valence-electron chi connectivity index (χ3n) is 5.03. The van der Waals surface area contributed by atoms with Crippen molar-refractivity contribution in [3.8, 4) is 0 Å². The maximum Gasteiger partial charge on any atom is 0.0696 e. The van der Waals surface area contributed by atoms with Crippen LogP contribution in [-0.4, -0.2) is 17.5 Å². The second kappa shape index (κ2) is 7.72. The topological polar surface area (TPSA) is 3.24 Å². The number of alkyl halides is 1. The van der Waals surface area contributed by atoms with Crippen molar-refractivity contribution in [2.24, 2.45) is 0 Å². The first-order chi connectivity index (χ1) is 11.6. The molecule has 0 heterocycles. The van der Waals surface area contributed by atoms with Crippen molar-refractivity contribution < 1.29 is 0 Å². The first-order valence-electron chi connectivity index (χ1n) is 9.13. The van der Waals surface area contributed by atoms with Gasteiger partial charge >= 0.3 is 0 Å². The zero-order valence-corrected chi connectivity index (χ0v) is 15.6. The average Bonchev–Trinajstić information content (AvgIpc) is 3.34. The van der Waals surface area contributed by atoms with E-state index < -0.39 is 0 Å². The van der Waals surface area contributed by atoms with E-state index in [0.717, 1.165) is 32.4 Å². The molecule has 128 valence electrons. The fourth-order valence-corrected chi connectivity index (χ4v) is 3.41. The Labute approximate surface area is 151 Å². The summed E-state index contributed by atoms with van der Waals surface area (Å²) in [7, 11) is 0. The molecule has 0 saturated heterocycles. The molecule has 0 amide bonds.